The maximum atomic E-state index is 2.46. The van der Waals surface area contributed by atoms with Crippen LogP contribution in [0.1, 0.15) is 96.1 Å². The molecule has 0 atom stereocenters. The second kappa shape index (κ2) is 10.6. The molecule has 0 nitrogen and oxygen atoms in total. The van der Waals surface area contributed by atoms with Crippen LogP contribution >= 0.6 is 7.92 Å². The van der Waals surface area contributed by atoms with Crippen molar-refractivity contribution in [2.45, 2.75) is 108 Å². The van der Waals surface area contributed by atoms with Gasteiger partial charge in [-0.3, -0.25) is 0 Å². The second-order valence-corrected chi connectivity index (χ2v) is 17.8. The summed E-state index contributed by atoms with van der Waals surface area (Å²) in [6.45, 7) is 6.67. The molecule has 8 bridgehead atoms. The Bertz CT molecular complexity index is 897. The molecule has 37 heavy (non-hydrogen) atoms. The Labute approximate surface area is 239 Å². The first-order valence-corrected chi connectivity index (χ1v) is 17.3. The zero-order chi connectivity index (χ0) is 24.4. The van der Waals surface area contributed by atoms with Crippen LogP contribution in [0.15, 0.2) is 48.5 Å². The van der Waals surface area contributed by atoms with Gasteiger partial charge in [0, 0.05) is 17.1 Å². The van der Waals surface area contributed by atoms with Crippen LogP contribution in [0.25, 0.3) is 0 Å². The maximum absolute atomic E-state index is 2.46. The van der Waals surface area contributed by atoms with Gasteiger partial charge in [-0.15, -0.1) is 7.92 Å². The SMILES string of the molecule is CC(C)(C)[c-]1cccc1.[Fe].[cH-]1[cH-][cH-][c-](CP(C2C3CC4CC(C3)CC2C4)C2C3CC4CC(C3)CC2C4)[cH-]1. The summed E-state index contributed by atoms with van der Waals surface area (Å²) in [7, 11) is 0.189. The van der Waals surface area contributed by atoms with Crippen LogP contribution in [0.5, 0.6) is 0 Å². The van der Waals surface area contributed by atoms with E-state index in [1.54, 1.807) is 69.8 Å². The van der Waals surface area contributed by atoms with Gasteiger partial charge in [0.25, 0.3) is 0 Å². The largest absolute Gasteiger partial charge is 0.748 e. The summed E-state index contributed by atoms with van der Waals surface area (Å²) >= 11 is 0. The molecule has 2 aromatic rings. The minimum Gasteiger partial charge on any atom is -0.748 e. The van der Waals surface area contributed by atoms with Gasteiger partial charge in [0.2, 0.25) is 0 Å². The van der Waals surface area contributed by atoms with Crippen molar-refractivity contribution in [2.24, 2.45) is 47.3 Å². The minimum atomic E-state index is 0. The number of hydrogen-bond acceptors (Lipinski definition) is 0. The van der Waals surface area contributed by atoms with Crippen molar-refractivity contribution < 1.29 is 17.1 Å². The van der Waals surface area contributed by atoms with E-state index in [2.05, 4.69) is 69.3 Å². The molecule has 8 aliphatic rings. The summed E-state index contributed by atoms with van der Waals surface area (Å²) in [5, 5.41) is 0. The molecule has 0 N–H and O–H groups in total. The number of rotatable bonds is 4. The van der Waals surface area contributed by atoms with E-state index in [9.17, 15) is 0 Å². The molecule has 10 rings (SSSR count). The summed E-state index contributed by atoms with van der Waals surface area (Å²) in [6, 6.07) is 18.0. The van der Waals surface area contributed by atoms with E-state index in [1.165, 1.54) is 11.7 Å². The fourth-order valence-electron chi connectivity index (χ4n) is 10.9. The Morgan fingerprint density at radius 1 is 0.649 bits per heavy atom. The molecule has 0 unspecified atom stereocenters. The molecule has 0 aliphatic heterocycles. The molecule has 2 aromatic carbocycles. The molecule has 8 saturated carbocycles. The first kappa shape index (κ1) is 26.9. The third-order valence-electron chi connectivity index (χ3n) is 11.7. The molecule has 8 fully saturated rings. The monoisotopic (exact) mass is 556 g/mol. The zero-order valence-electron chi connectivity index (χ0n) is 23.5. The van der Waals surface area contributed by atoms with Gasteiger partial charge >= 0.3 is 0 Å². The molecule has 8 aliphatic carbocycles. The van der Waals surface area contributed by atoms with Gasteiger partial charge in [-0.2, -0.15) is 23.9 Å². The van der Waals surface area contributed by atoms with Crippen molar-refractivity contribution in [2.75, 3.05) is 0 Å². The predicted octanol–water partition coefficient (Wildman–Crippen LogP) is 9.74. The van der Waals surface area contributed by atoms with E-state index >= 15 is 0 Å². The van der Waals surface area contributed by atoms with Crippen molar-refractivity contribution in [3.8, 4) is 0 Å². The van der Waals surface area contributed by atoms with Crippen LogP contribution in [0.2, 0.25) is 0 Å². The van der Waals surface area contributed by atoms with Gasteiger partial charge in [0.15, 0.2) is 0 Å². The van der Waals surface area contributed by atoms with E-state index in [-0.39, 0.29) is 25.0 Å². The Hall–Kier alpha value is -0.351. The zero-order valence-corrected chi connectivity index (χ0v) is 25.5. The summed E-state index contributed by atoms with van der Waals surface area (Å²) < 4.78 is 0. The minimum absolute atomic E-state index is 0. The van der Waals surface area contributed by atoms with Crippen LogP contribution in [0.4, 0.5) is 0 Å². The first-order valence-electron chi connectivity index (χ1n) is 15.6. The van der Waals surface area contributed by atoms with Crippen LogP contribution < -0.4 is 0 Å². The summed E-state index contributed by atoms with van der Waals surface area (Å²) in [5.74, 6) is 9.10. The molecule has 0 aromatic heterocycles. The van der Waals surface area contributed by atoms with Gasteiger partial charge in [0.1, 0.15) is 0 Å². The Morgan fingerprint density at radius 3 is 1.35 bits per heavy atom. The molecule has 2 heteroatoms. The Morgan fingerprint density at radius 2 is 1.03 bits per heavy atom. The normalized spacial score (nSPS) is 41.7. The molecule has 0 saturated heterocycles. The predicted molar refractivity (Wildman–Crippen MR) is 155 cm³/mol. The Kier molecular flexibility index (Phi) is 7.67. The van der Waals surface area contributed by atoms with Crippen molar-refractivity contribution in [1.29, 1.82) is 0 Å². The molecule has 0 spiro atoms. The fourth-order valence-corrected chi connectivity index (χ4v) is 15.5. The maximum Gasteiger partial charge on any atom is 0 e. The van der Waals surface area contributed by atoms with Crippen molar-refractivity contribution in [1.82, 2.24) is 0 Å². The second-order valence-electron chi connectivity index (χ2n) is 15.2. The van der Waals surface area contributed by atoms with E-state index < -0.39 is 0 Å². The Balaban J connectivity index is 0.000000217. The van der Waals surface area contributed by atoms with Gasteiger partial charge in [-0.25, -0.2) is 12.1 Å². The molecular weight excluding hydrogens is 507 g/mol. The molecule has 0 amide bonds. The van der Waals surface area contributed by atoms with Crippen molar-refractivity contribution >= 4 is 7.92 Å². The van der Waals surface area contributed by atoms with Crippen molar-refractivity contribution in [3.63, 3.8) is 0 Å². The van der Waals surface area contributed by atoms with Gasteiger partial charge in [0.05, 0.1) is 0 Å². The standard InChI is InChI=1S/C26H36P.C9H13.Fe/c1-2-4-16(3-1)15-27(25-21-7-17-5-18(9-21)10-22(25)8-17)26-23-11-19-6-20(13-23)14-24(26)12-19;1-9(2,3)8-6-4-5-7-8;/h1-4,17-26H,5-15H2;4-7H,1-3H3;/q-5;-1;. The van der Waals surface area contributed by atoms with Gasteiger partial charge in [-0.1, -0.05) is 26.2 Å². The quantitative estimate of drug-likeness (QED) is 0.200. The summed E-state index contributed by atoms with van der Waals surface area (Å²) in [5.41, 5.74) is 5.76. The van der Waals surface area contributed by atoms with E-state index in [0.717, 1.165) is 58.7 Å². The van der Waals surface area contributed by atoms with E-state index in [0.29, 0.717) is 5.41 Å². The van der Waals surface area contributed by atoms with Crippen LogP contribution in [0.3, 0.4) is 0 Å². The number of hydrogen-bond donors (Lipinski definition) is 0. The topological polar surface area (TPSA) is 0 Å². The van der Waals surface area contributed by atoms with Crippen molar-refractivity contribution in [3.05, 3.63) is 59.7 Å². The average molecular weight is 557 g/mol. The first-order chi connectivity index (χ1) is 17.4. The molecular formula is C35H49FeP-6. The molecule has 208 valence electrons. The van der Waals surface area contributed by atoms with Crippen LogP contribution in [-0.4, -0.2) is 11.3 Å². The fraction of sp³-hybridized carbons (Fsp3) is 0.714. The summed E-state index contributed by atoms with van der Waals surface area (Å²) in [6.07, 6.45) is 17.7. The van der Waals surface area contributed by atoms with Crippen LogP contribution in [-0.2, 0) is 28.6 Å². The third-order valence-corrected chi connectivity index (χ3v) is 15.7. The summed E-state index contributed by atoms with van der Waals surface area (Å²) in [4.78, 5) is 0. The van der Waals surface area contributed by atoms with Crippen LogP contribution in [0, 0.1) is 47.3 Å². The van der Waals surface area contributed by atoms with E-state index in [4.69, 9.17) is 0 Å². The van der Waals surface area contributed by atoms with Gasteiger partial charge in [-0.05, 0) is 123 Å². The van der Waals surface area contributed by atoms with Gasteiger partial charge < -0.3 is 29.8 Å². The third kappa shape index (κ3) is 5.25. The molecule has 0 heterocycles. The average Bonchev–Trinajstić information content (AvgIpc) is 3.52. The molecule has 0 radical (unpaired) electrons. The smallest absolute Gasteiger partial charge is 0 e. The van der Waals surface area contributed by atoms with E-state index in [1.807, 2.05) is 0 Å².